The maximum absolute atomic E-state index is 13.0. The number of halogens is 3. The molecule has 0 aliphatic rings. The molecule has 1 aromatic carbocycles. The molecule has 1 aromatic heterocycles. The number of aliphatic hydroxyl groups excluding tert-OH is 1. The van der Waals surface area contributed by atoms with Crippen LogP contribution in [0.3, 0.4) is 0 Å². The van der Waals surface area contributed by atoms with Crippen molar-refractivity contribution in [1.82, 2.24) is 5.32 Å². The van der Waals surface area contributed by atoms with Gasteiger partial charge < -0.3 is 10.4 Å². The van der Waals surface area contributed by atoms with E-state index in [1.54, 1.807) is 29.6 Å². The summed E-state index contributed by atoms with van der Waals surface area (Å²) in [6, 6.07) is 8.20. The molecule has 0 aliphatic carbocycles. The van der Waals surface area contributed by atoms with E-state index in [9.17, 15) is 28.3 Å². The van der Waals surface area contributed by atoms with Crippen molar-refractivity contribution in [3.8, 4) is 11.1 Å². The average molecular weight is 341 g/mol. The van der Waals surface area contributed by atoms with Crippen LogP contribution < -0.4 is 10.0 Å². The first kappa shape index (κ1) is 17.7. The third-order valence-corrected chi connectivity index (χ3v) is 3.47. The maximum atomic E-state index is 13.0. The van der Waals surface area contributed by atoms with Gasteiger partial charge >= 0.3 is 6.43 Å². The molecule has 5 nitrogen and oxygen atoms in total. The van der Waals surface area contributed by atoms with Crippen molar-refractivity contribution in [3.05, 3.63) is 54.4 Å². The van der Waals surface area contributed by atoms with Gasteiger partial charge in [0.25, 0.3) is 5.91 Å². The molecular weight excluding hydrogens is 325 g/mol. The Bertz CT molecular complexity index is 678. The number of hydrogen-bond donors (Lipinski definition) is 3. The van der Waals surface area contributed by atoms with Crippen LogP contribution in [0, 0.1) is 0 Å². The Hall–Kier alpha value is -2.61. The van der Waals surface area contributed by atoms with Gasteiger partial charge in [0.2, 0.25) is 12.4 Å². The summed E-state index contributed by atoms with van der Waals surface area (Å²) < 4.78 is 38.3. The normalized spacial score (nSPS) is 13.5. The van der Waals surface area contributed by atoms with Crippen molar-refractivity contribution >= 4 is 5.91 Å². The SMILES string of the molecule is O=C(N[C@H](CF)[C@H](O)c1ccc(-c2cc[n+](O)cc2)cc1)C(F)F. The molecule has 2 atom stereocenters. The standard InChI is InChI=1S/C16H15F3N2O3/c17-9-13(20-16(23)15(18)19)14(22)12-3-1-10(2-4-12)11-5-7-21(24)8-6-11/h1-8,13-15,22H,9H2,(H-,20,23,24)/p+1/t13-,14-/m1/s1. The lowest BCUT2D eigenvalue weighted by Gasteiger charge is -2.21. The maximum Gasteiger partial charge on any atom is 0.315 e. The first-order valence-corrected chi connectivity index (χ1v) is 7.06. The first-order chi connectivity index (χ1) is 11.4. The monoisotopic (exact) mass is 341 g/mol. The Kier molecular flexibility index (Phi) is 5.75. The van der Waals surface area contributed by atoms with Gasteiger partial charge in [-0.05, 0) is 16.7 Å². The van der Waals surface area contributed by atoms with Crippen molar-refractivity contribution in [2.75, 3.05) is 6.67 Å². The lowest BCUT2D eigenvalue weighted by Crippen LogP contribution is -2.43. The molecule has 0 saturated heterocycles. The van der Waals surface area contributed by atoms with E-state index < -0.39 is 31.2 Å². The van der Waals surface area contributed by atoms with Gasteiger partial charge in [-0.25, -0.2) is 4.39 Å². The van der Waals surface area contributed by atoms with Crippen molar-refractivity contribution in [3.63, 3.8) is 0 Å². The predicted octanol–water partition coefficient (Wildman–Crippen LogP) is 1.63. The first-order valence-electron chi connectivity index (χ1n) is 7.06. The predicted molar refractivity (Wildman–Crippen MR) is 78.1 cm³/mol. The molecule has 0 aliphatic heterocycles. The van der Waals surface area contributed by atoms with Crippen LogP contribution in [0.5, 0.6) is 0 Å². The van der Waals surface area contributed by atoms with Gasteiger partial charge in [0.1, 0.15) is 12.8 Å². The Balaban J connectivity index is 2.13. The van der Waals surface area contributed by atoms with Crippen molar-refractivity contribution in [1.29, 1.82) is 0 Å². The highest BCUT2D eigenvalue weighted by Gasteiger charge is 2.26. The summed E-state index contributed by atoms with van der Waals surface area (Å²) in [5.41, 5.74) is 1.86. The number of pyridine rings is 1. The summed E-state index contributed by atoms with van der Waals surface area (Å²) in [6.07, 6.45) is -1.85. The van der Waals surface area contributed by atoms with Gasteiger partial charge in [-0.3, -0.25) is 10.0 Å². The molecule has 1 heterocycles. The van der Waals surface area contributed by atoms with E-state index in [1.807, 2.05) is 0 Å². The Morgan fingerprint density at radius 3 is 2.12 bits per heavy atom. The summed E-state index contributed by atoms with van der Waals surface area (Å²) in [4.78, 5) is 11.0. The minimum absolute atomic E-state index is 0.282. The second-order valence-corrected chi connectivity index (χ2v) is 5.10. The highest BCUT2D eigenvalue weighted by atomic mass is 19.3. The summed E-state index contributed by atoms with van der Waals surface area (Å²) in [6.45, 7) is -1.18. The largest absolute Gasteiger partial charge is 0.386 e. The van der Waals surface area contributed by atoms with Crippen molar-refractivity contribution in [2.45, 2.75) is 18.6 Å². The fourth-order valence-corrected chi connectivity index (χ4v) is 2.16. The molecule has 0 fully saturated rings. The summed E-state index contributed by atoms with van der Waals surface area (Å²) in [5.74, 6) is -1.63. The number of aliphatic hydroxyl groups is 1. The average Bonchev–Trinajstić information content (AvgIpc) is 2.59. The lowest BCUT2D eigenvalue weighted by molar-refractivity contribution is -0.904. The number of nitrogens with zero attached hydrogens (tertiary/aromatic N) is 1. The summed E-state index contributed by atoms with van der Waals surface area (Å²) >= 11 is 0. The van der Waals surface area contributed by atoms with E-state index >= 15 is 0 Å². The molecule has 24 heavy (non-hydrogen) atoms. The third kappa shape index (κ3) is 4.23. The van der Waals surface area contributed by atoms with Crippen LogP contribution in [0.1, 0.15) is 11.7 Å². The van der Waals surface area contributed by atoms with Crippen LogP contribution in [0.4, 0.5) is 13.2 Å². The van der Waals surface area contributed by atoms with Gasteiger partial charge in [-0.15, -0.1) is 0 Å². The van der Waals surface area contributed by atoms with E-state index in [0.29, 0.717) is 0 Å². The number of nitrogens with one attached hydrogen (secondary N) is 1. The number of hydrogen-bond acceptors (Lipinski definition) is 3. The summed E-state index contributed by atoms with van der Waals surface area (Å²) in [7, 11) is 0. The van der Waals surface area contributed by atoms with Crippen LogP contribution in [0.15, 0.2) is 48.8 Å². The minimum Gasteiger partial charge on any atom is -0.386 e. The minimum atomic E-state index is -3.28. The highest BCUT2D eigenvalue weighted by molar-refractivity contribution is 5.79. The van der Waals surface area contributed by atoms with Gasteiger partial charge in [-0.2, -0.15) is 8.78 Å². The number of carbonyl (C=O) groups excluding carboxylic acids is 1. The fourth-order valence-electron chi connectivity index (χ4n) is 2.16. The molecule has 0 radical (unpaired) electrons. The Morgan fingerprint density at radius 2 is 1.62 bits per heavy atom. The van der Waals surface area contributed by atoms with Crippen molar-refractivity contribution in [2.24, 2.45) is 0 Å². The zero-order valence-electron chi connectivity index (χ0n) is 12.4. The smallest absolute Gasteiger partial charge is 0.315 e. The van der Waals surface area contributed by atoms with Gasteiger partial charge in [-0.1, -0.05) is 24.3 Å². The summed E-state index contributed by atoms with van der Waals surface area (Å²) in [5, 5.41) is 21.0. The van der Waals surface area contributed by atoms with Crippen LogP contribution >= 0.6 is 0 Å². The molecule has 2 aromatic rings. The zero-order chi connectivity index (χ0) is 17.7. The molecule has 128 valence electrons. The molecule has 8 heteroatoms. The third-order valence-electron chi connectivity index (χ3n) is 3.47. The van der Waals surface area contributed by atoms with Crippen LogP contribution in [-0.2, 0) is 4.79 Å². The molecule has 0 bridgehead atoms. The van der Waals surface area contributed by atoms with E-state index in [1.165, 1.54) is 24.5 Å². The van der Waals surface area contributed by atoms with E-state index in [-0.39, 0.29) is 5.56 Å². The van der Waals surface area contributed by atoms with Gasteiger partial charge in [0, 0.05) is 16.9 Å². The molecule has 0 saturated carbocycles. The van der Waals surface area contributed by atoms with E-state index in [0.717, 1.165) is 15.9 Å². The molecule has 0 spiro atoms. The molecule has 1 amide bonds. The van der Waals surface area contributed by atoms with Gasteiger partial charge in [0.15, 0.2) is 0 Å². The lowest BCUT2D eigenvalue weighted by atomic mass is 9.99. The number of benzene rings is 1. The molecule has 3 N–H and O–H groups in total. The quantitative estimate of drug-likeness (QED) is 0.552. The fraction of sp³-hybridized carbons (Fsp3) is 0.250. The van der Waals surface area contributed by atoms with Crippen LogP contribution in [0.25, 0.3) is 11.1 Å². The van der Waals surface area contributed by atoms with E-state index in [4.69, 9.17) is 0 Å². The molecule has 2 rings (SSSR count). The topological polar surface area (TPSA) is 73.4 Å². The van der Waals surface area contributed by atoms with E-state index in [2.05, 4.69) is 0 Å². The number of aromatic nitrogens is 1. The second kappa shape index (κ2) is 7.78. The Labute approximate surface area is 135 Å². The van der Waals surface area contributed by atoms with Crippen LogP contribution in [0.2, 0.25) is 0 Å². The van der Waals surface area contributed by atoms with Crippen LogP contribution in [-0.4, -0.2) is 35.4 Å². The zero-order valence-corrected chi connectivity index (χ0v) is 12.4. The second-order valence-electron chi connectivity index (χ2n) is 5.10. The molecular formula is C16H16F3N2O3+. The number of alkyl halides is 3. The van der Waals surface area contributed by atoms with Gasteiger partial charge in [0.05, 0.1) is 6.04 Å². The highest BCUT2D eigenvalue weighted by Crippen LogP contribution is 2.23. The molecule has 0 unspecified atom stereocenters. The van der Waals surface area contributed by atoms with Crippen molar-refractivity contribution < 1.29 is 33.0 Å². The Morgan fingerprint density at radius 1 is 1.08 bits per heavy atom. The number of rotatable bonds is 6. The number of carbonyl (C=O) groups is 1. The number of amides is 1.